The third kappa shape index (κ3) is 7.32. The average molecular weight is 521 g/mol. The number of ether oxygens (including phenoxy) is 1. The molecule has 0 spiro atoms. The van der Waals surface area contributed by atoms with E-state index in [0.29, 0.717) is 18.2 Å². The lowest BCUT2D eigenvalue weighted by molar-refractivity contribution is -0.115. The van der Waals surface area contributed by atoms with Crippen LogP contribution in [0.5, 0.6) is 0 Å². The molecule has 0 saturated heterocycles. The molecule has 10 heteroatoms. The summed E-state index contributed by atoms with van der Waals surface area (Å²) < 4.78 is 18.4. The summed E-state index contributed by atoms with van der Waals surface area (Å²) in [5.41, 5.74) is 1.31. The Balaban J connectivity index is 0.00000392. The Morgan fingerprint density at radius 1 is 1.46 bits per heavy atom. The lowest BCUT2D eigenvalue weighted by Gasteiger charge is -2.21. The maximum Gasteiger partial charge on any atom is 0.243 e. The predicted octanol–water partition coefficient (Wildman–Crippen LogP) is 3.25. The fourth-order valence-corrected chi connectivity index (χ4v) is 3.16. The minimum atomic E-state index is -0.401. The van der Waals surface area contributed by atoms with Crippen molar-refractivity contribution in [1.82, 2.24) is 15.2 Å². The molecule has 0 fully saturated rings. The van der Waals surface area contributed by atoms with Crippen LogP contribution in [0, 0.1) is 5.82 Å². The molecule has 2 aromatic rings. The van der Waals surface area contributed by atoms with Crippen molar-refractivity contribution in [2.45, 2.75) is 19.6 Å². The number of nitrogens with zero attached hydrogens (tertiary/aromatic N) is 3. The molecule has 0 bridgehead atoms. The minimum absolute atomic E-state index is 0. The van der Waals surface area contributed by atoms with E-state index in [1.165, 1.54) is 18.2 Å². The molecule has 1 heterocycles. The Kier molecular flexibility index (Phi) is 10.3. The van der Waals surface area contributed by atoms with Crippen molar-refractivity contribution < 1.29 is 13.9 Å². The smallest absolute Gasteiger partial charge is 0.243 e. The van der Waals surface area contributed by atoms with Gasteiger partial charge < -0.3 is 20.3 Å². The van der Waals surface area contributed by atoms with Crippen LogP contribution in [-0.2, 0) is 16.1 Å². The van der Waals surface area contributed by atoms with Crippen LogP contribution in [0.25, 0.3) is 0 Å². The number of halogens is 2. The normalized spacial score (nSPS) is 12.1. The number of hydrogen-bond acceptors (Lipinski definition) is 5. The van der Waals surface area contributed by atoms with E-state index in [1.807, 2.05) is 24.3 Å². The highest BCUT2D eigenvalue weighted by molar-refractivity contribution is 14.0. The van der Waals surface area contributed by atoms with Crippen molar-refractivity contribution in [3.63, 3.8) is 0 Å². The van der Waals surface area contributed by atoms with E-state index in [2.05, 4.69) is 20.6 Å². The van der Waals surface area contributed by atoms with Crippen LogP contribution in [0.3, 0.4) is 0 Å². The molecule has 1 unspecified atom stereocenters. The first kappa shape index (κ1) is 24.2. The highest BCUT2D eigenvalue weighted by Gasteiger charge is 2.13. The van der Waals surface area contributed by atoms with Crippen LogP contribution in [0.15, 0.2) is 34.6 Å². The minimum Gasteiger partial charge on any atom is -0.375 e. The molecule has 7 nitrogen and oxygen atoms in total. The Morgan fingerprint density at radius 3 is 2.86 bits per heavy atom. The number of nitrogens with one attached hydrogen (secondary N) is 2. The number of rotatable bonds is 7. The lowest BCUT2D eigenvalue weighted by atomic mass is 10.3. The quantitative estimate of drug-likeness (QED) is 0.333. The van der Waals surface area contributed by atoms with Gasteiger partial charge in [0, 0.05) is 32.3 Å². The van der Waals surface area contributed by atoms with Gasteiger partial charge in [0.1, 0.15) is 16.9 Å². The van der Waals surface area contributed by atoms with Gasteiger partial charge in [-0.1, -0.05) is 6.07 Å². The number of aromatic nitrogens is 1. The molecule has 0 saturated carbocycles. The van der Waals surface area contributed by atoms with Crippen LogP contribution < -0.4 is 10.6 Å². The zero-order valence-electron chi connectivity index (χ0n) is 16.2. The second kappa shape index (κ2) is 11.9. The van der Waals surface area contributed by atoms with E-state index in [0.717, 1.165) is 10.7 Å². The third-order valence-corrected chi connectivity index (χ3v) is 4.81. The number of thiazole rings is 1. The van der Waals surface area contributed by atoms with E-state index >= 15 is 0 Å². The Morgan fingerprint density at radius 2 is 2.21 bits per heavy atom. The largest absolute Gasteiger partial charge is 0.375 e. The van der Waals surface area contributed by atoms with E-state index in [9.17, 15) is 9.18 Å². The van der Waals surface area contributed by atoms with Gasteiger partial charge in [-0.25, -0.2) is 9.37 Å². The Labute approximate surface area is 185 Å². The topological polar surface area (TPSA) is 78.9 Å². The van der Waals surface area contributed by atoms with Crippen LogP contribution in [0.2, 0.25) is 0 Å². The fourth-order valence-electron chi connectivity index (χ4n) is 2.32. The zero-order valence-corrected chi connectivity index (χ0v) is 19.4. The summed E-state index contributed by atoms with van der Waals surface area (Å²) in [4.78, 5) is 22.6. The summed E-state index contributed by atoms with van der Waals surface area (Å²) in [6.45, 7) is 2.50. The van der Waals surface area contributed by atoms with Gasteiger partial charge in [0.25, 0.3) is 0 Å². The van der Waals surface area contributed by atoms with E-state index < -0.39 is 5.82 Å². The summed E-state index contributed by atoms with van der Waals surface area (Å²) in [5, 5.41) is 8.51. The van der Waals surface area contributed by atoms with Gasteiger partial charge in [-0.2, -0.15) is 0 Å². The van der Waals surface area contributed by atoms with Crippen molar-refractivity contribution in [1.29, 1.82) is 0 Å². The molecule has 1 amide bonds. The number of amides is 1. The highest BCUT2D eigenvalue weighted by Crippen LogP contribution is 2.20. The number of aliphatic imine (C=N–C) groups is 1. The molecule has 1 aromatic heterocycles. The number of carbonyl (C=O) groups is 1. The van der Waals surface area contributed by atoms with E-state index in [1.54, 1.807) is 31.6 Å². The standard InChI is InChI=1S/C18H24FN5O2S.HI/c1-12(26-4)17-23-15(11-27-17)10-24(3)18(20-2)21-9-16(25)22-14-7-5-6-13(19)8-14;/h5-8,11-12H,9-10H2,1-4H3,(H,20,21)(H,22,25);1H. The van der Waals surface area contributed by atoms with Crippen LogP contribution >= 0.6 is 35.3 Å². The number of anilines is 1. The third-order valence-electron chi connectivity index (χ3n) is 3.76. The molecule has 0 radical (unpaired) electrons. The van der Waals surface area contributed by atoms with Crippen LogP contribution in [0.4, 0.5) is 10.1 Å². The van der Waals surface area contributed by atoms with E-state index in [4.69, 9.17) is 4.74 Å². The van der Waals surface area contributed by atoms with Crippen molar-refractivity contribution in [3.8, 4) is 0 Å². The second-order valence-electron chi connectivity index (χ2n) is 5.87. The summed E-state index contributed by atoms with van der Waals surface area (Å²) in [6.07, 6.45) is -0.0435. The Bertz CT molecular complexity index is 802. The molecule has 0 aliphatic heterocycles. The fraction of sp³-hybridized carbons (Fsp3) is 0.389. The van der Waals surface area contributed by atoms with E-state index in [-0.39, 0.29) is 42.5 Å². The average Bonchev–Trinajstić information content (AvgIpc) is 3.10. The van der Waals surface area contributed by atoms with Gasteiger partial charge in [0.05, 0.1) is 18.8 Å². The molecule has 0 aliphatic rings. The molecule has 2 rings (SSSR count). The summed E-state index contributed by atoms with van der Waals surface area (Å²) >= 11 is 1.55. The molecule has 0 aliphatic carbocycles. The van der Waals surface area contributed by atoms with Crippen molar-refractivity contribution in [2.24, 2.45) is 4.99 Å². The molecular formula is C18H25FIN5O2S. The molecule has 2 N–H and O–H groups in total. The summed E-state index contributed by atoms with van der Waals surface area (Å²) in [7, 11) is 5.15. The van der Waals surface area contributed by atoms with Crippen LogP contribution in [0.1, 0.15) is 23.7 Å². The first-order chi connectivity index (χ1) is 12.9. The molecule has 28 heavy (non-hydrogen) atoms. The number of methoxy groups -OCH3 is 1. The first-order valence-corrected chi connectivity index (χ1v) is 9.25. The van der Waals surface area contributed by atoms with Gasteiger partial charge >= 0.3 is 0 Å². The summed E-state index contributed by atoms with van der Waals surface area (Å²) in [5.74, 6) is -0.138. The molecular weight excluding hydrogens is 496 g/mol. The highest BCUT2D eigenvalue weighted by atomic mass is 127. The van der Waals surface area contributed by atoms with Gasteiger partial charge in [0.15, 0.2) is 5.96 Å². The van der Waals surface area contributed by atoms with Gasteiger partial charge in [0.2, 0.25) is 5.91 Å². The summed E-state index contributed by atoms with van der Waals surface area (Å²) in [6, 6.07) is 5.75. The molecule has 1 atom stereocenters. The number of benzene rings is 1. The SMILES string of the molecule is CN=C(NCC(=O)Nc1cccc(F)c1)N(C)Cc1csc(C(C)OC)n1.I. The predicted molar refractivity (Wildman–Crippen MR) is 121 cm³/mol. The van der Waals surface area contributed by atoms with Crippen molar-refractivity contribution >= 4 is 52.9 Å². The van der Waals surface area contributed by atoms with Gasteiger partial charge in [-0.05, 0) is 25.1 Å². The van der Waals surface area contributed by atoms with Crippen molar-refractivity contribution in [2.75, 3.05) is 33.1 Å². The molecule has 1 aromatic carbocycles. The van der Waals surface area contributed by atoms with Gasteiger partial charge in [-0.15, -0.1) is 35.3 Å². The number of guanidine groups is 1. The maximum absolute atomic E-state index is 13.2. The Hall–Kier alpha value is -1.79. The number of carbonyl (C=O) groups excluding carboxylic acids is 1. The first-order valence-electron chi connectivity index (χ1n) is 8.37. The molecule has 154 valence electrons. The van der Waals surface area contributed by atoms with Crippen LogP contribution in [-0.4, -0.2) is 49.5 Å². The second-order valence-corrected chi connectivity index (χ2v) is 6.76. The lowest BCUT2D eigenvalue weighted by Crippen LogP contribution is -2.42. The maximum atomic E-state index is 13.2. The zero-order chi connectivity index (χ0) is 19.8. The van der Waals surface area contributed by atoms with Gasteiger partial charge in [-0.3, -0.25) is 9.79 Å². The van der Waals surface area contributed by atoms with Crippen molar-refractivity contribution in [3.05, 3.63) is 46.2 Å². The number of hydrogen-bond donors (Lipinski definition) is 2. The monoisotopic (exact) mass is 521 g/mol.